The smallest absolute Gasteiger partial charge is 0.187 e. The van der Waals surface area contributed by atoms with E-state index in [1.54, 1.807) is 0 Å². The fourth-order valence-corrected chi connectivity index (χ4v) is 7.42. The van der Waals surface area contributed by atoms with Gasteiger partial charge in [-0.05, 0) is 5.57 Å². The Bertz CT molecular complexity index is 989. The van der Waals surface area contributed by atoms with Gasteiger partial charge < -0.3 is 94.8 Å². The van der Waals surface area contributed by atoms with Crippen LogP contribution < -0.4 is 0 Å². The molecule has 20 heteroatoms. The van der Waals surface area contributed by atoms with E-state index >= 15 is 0 Å². The Labute approximate surface area is 266 Å². The summed E-state index contributed by atoms with van der Waals surface area (Å²) >= 11 is 0.767. The third-order valence-corrected chi connectivity index (χ3v) is 10.2. The quantitative estimate of drug-likeness (QED) is 0.0894. The molecule has 0 spiro atoms. The Morgan fingerprint density at radius 3 is 1.72 bits per heavy atom. The van der Waals surface area contributed by atoms with Crippen LogP contribution in [0.15, 0.2) is 11.6 Å². The third-order valence-electron chi connectivity index (χ3n) is 8.53. The van der Waals surface area contributed by atoms with E-state index in [0.717, 1.165) is 11.8 Å². The summed E-state index contributed by atoms with van der Waals surface area (Å²) < 4.78 is 32.5. The van der Waals surface area contributed by atoms with Crippen LogP contribution in [-0.2, 0) is 28.4 Å². The van der Waals surface area contributed by atoms with Crippen molar-refractivity contribution in [1.29, 1.82) is 0 Å². The molecule has 0 bridgehead atoms. The normalized spacial score (nSPS) is 50.3. The van der Waals surface area contributed by atoms with Crippen LogP contribution in [-0.4, -0.2) is 215 Å². The number of aliphatic hydroxyl groups excluding tert-OH is 13. The maximum absolute atomic E-state index is 11.1. The van der Waals surface area contributed by atoms with Gasteiger partial charge in [0.05, 0.1) is 55.2 Å². The lowest BCUT2D eigenvalue weighted by Gasteiger charge is -2.47. The summed E-state index contributed by atoms with van der Waals surface area (Å²) in [7, 11) is 1.21. The monoisotopic (exact) mass is 692 g/mol. The zero-order chi connectivity index (χ0) is 34.0. The molecule has 0 aromatic rings. The molecule has 0 aromatic heterocycles. The van der Waals surface area contributed by atoms with Gasteiger partial charge in [0.2, 0.25) is 0 Å². The zero-order valence-corrected chi connectivity index (χ0v) is 25.4. The Kier molecular flexibility index (Phi) is 13.6. The second kappa shape index (κ2) is 16.4. The molecule has 1 aliphatic carbocycles. The standard InChI is InChI=1S/C26H44O19S/c1-40-24-19(38)16(35)22(9(5-29)42-24)45-26-20(39)17(36)23(10(6-30)43-26)46-11-2-7(3-27)21(15(34)13(11)32)44-25-18(37)14(33)12(31)8(4-28)41-25/h2,8-39H,3-6H2,1H3/t8-,9-,10-,11-,12-,13+,14+,15-,16-,17-,18-,19-,20-,21-,22-,23-,24-,25+,26+/m1/s1. The lowest BCUT2D eigenvalue weighted by molar-refractivity contribution is -0.346. The fourth-order valence-electron chi connectivity index (χ4n) is 5.84. The van der Waals surface area contributed by atoms with E-state index in [1.807, 2.05) is 0 Å². The lowest BCUT2D eigenvalue weighted by Crippen LogP contribution is -2.64. The summed E-state index contributed by atoms with van der Waals surface area (Å²) in [6.45, 7) is -2.91. The Hall–Kier alpha value is -0.670. The average Bonchev–Trinajstić information content (AvgIpc) is 3.05. The minimum Gasteiger partial charge on any atom is -0.394 e. The Balaban J connectivity index is 1.47. The highest BCUT2D eigenvalue weighted by molar-refractivity contribution is 8.00. The minimum atomic E-state index is -1.83. The first kappa shape index (κ1) is 38.1. The van der Waals surface area contributed by atoms with Gasteiger partial charge in [0.15, 0.2) is 18.9 Å². The van der Waals surface area contributed by atoms with Crippen LogP contribution in [0.25, 0.3) is 0 Å². The van der Waals surface area contributed by atoms with Gasteiger partial charge in [-0.2, -0.15) is 0 Å². The number of thioether (sulfide) groups is 1. The molecule has 0 radical (unpaired) electrons. The second-order valence-electron chi connectivity index (χ2n) is 11.4. The van der Waals surface area contributed by atoms with E-state index < -0.39 is 141 Å². The van der Waals surface area contributed by atoms with Gasteiger partial charge in [-0.1, -0.05) is 6.08 Å². The summed E-state index contributed by atoms with van der Waals surface area (Å²) in [5.41, 5.74) is -0.0185. The number of ether oxygens (including phenoxy) is 6. The summed E-state index contributed by atoms with van der Waals surface area (Å²) in [6, 6.07) is 0. The van der Waals surface area contributed by atoms with E-state index in [2.05, 4.69) is 0 Å². The van der Waals surface area contributed by atoms with Gasteiger partial charge in [0, 0.05) is 7.11 Å². The molecule has 13 N–H and O–H groups in total. The molecule has 0 unspecified atom stereocenters. The molecule has 0 saturated carbocycles. The van der Waals surface area contributed by atoms with E-state index in [0.29, 0.717) is 0 Å². The summed E-state index contributed by atoms with van der Waals surface area (Å²) in [4.78, 5) is 0. The number of hydrogen-bond acceptors (Lipinski definition) is 20. The number of methoxy groups -OCH3 is 1. The first-order chi connectivity index (χ1) is 21.8. The minimum absolute atomic E-state index is 0.0185. The van der Waals surface area contributed by atoms with Crippen molar-refractivity contribution in [2.75, 3.05) is 33.5 Å². The van der Waals surface area contributed by atoms with Gasteiger partial charge in [0.25, 0.3) is 0 Å². The molecule has 4 rings (SSSR count). The van der Waals surface area contributed by atoms with Crippen LogP contribution in [0.2, 0.25) is 0 Å². The maximum Gasteiger partial charge on any atom is 0.187 e. The van der Waals surface area contributed by atoms with Gasteiger partial charge in [-0.25, -0.2) is 0 Å². The van der Waals surface area contributed by atoms with Crippen molar-refractivity contribution in [1.82, 2.24) is 0 Å². The van der Waals surface area contributed by atoms with Crippen LogP contribution in [0.3, 0.4) is 0 Å². The summed E-state index contributed by atoms with van der Waals surface area (Å²) in [6.07, 6.45) is -25.8. The molecule has 0 aromatic carbocycles. The zero-order valence-electron chi connectivity index (χ0n) is 24.5. The highest BCUT2D eigenvalue weighted by atomic mass is 32.2. The van der Waals surface area contributed by atoms with Crippen molar-refractivity contribution in [3.63, 3.8) is 0 Å². The van der Waals surface area contributed by atoms with Crippen molar-refractivity contribution in [2.24, 2.45) is 0 Å². The molecule has 3 heterocycles. The molecule has 0 amide bonds. The van der Waals surface area contributed by atoms with Gasteiger partial charge in [-0.3, -0.25) is 0 Å². The number of aliphatic hydroxyl groups is 13. The summed E-state index contributed by atoms with van der Waals surface area (Å²) in [5, 5.41) is 132. The second-order valence-corrected chi connectivity index (χ2v) is 12.8. The predicted molar refractivity (Wildman–Crippen MR) is 148 cm³/mol. The Morgan fingerprint density at radius 1 is 0.587 bits per heavy atom. The van der Waals surface area contributed by atoms with Crippen LogP contribution in [0, 0.1) is 0 Å². The Morgan fingerprint density at radius 2 is 1.13 bits per heavy atom. The van der Waals surface area contributed by atoms with Crippen molar-refractivity contribution in [3.8, 4) is 0 Å². The number of hydrogen-bond donors (Lipinski definition) is 13. The molecule has 46 heavy (non-hydrogen) atoms. The molecule has 3 saturated heterocycles. The van der Waals surface area contributed by atoms with Crippen LogP contribution >= 0.6 is 11.8 Å². The first-order valence-corrected chi connectivity index (χ1v) is 15.5. The largest absolute Gasteiger partial charge is 0.394 e. The van der Waals surface area contributed by atoms with E-state index in [9.17, 15) is 66.4 Å². The highest BCUT2D eigenvalue weighted by Gasteiger charge is 2.53. The lowest BCUT2D eigenvalue weighted by atomic mass is 9.91. The SMILES string of the molecule is CO[C@@H]1O[C@H](CO)[C@@H](O[C@@H]2O[C@H](CO)[C@@H](S[C@@H]3C=C(CO)[C@@H](O[C@@H]4O[C@H](CO)[C@@H](O)[C@H](O)[C@H]4O)[C@H](O)[C@H]3O)[C@H](O)[C@H]2O)[C@H](O)[C@H]1O. The number of rotatable bonds is 11. The predicted octanol–water partition coefficient (Wildman–Crippen LogP) is -7.79. The van der Waals surface area contributed by atoms with Crippen molar-refractivity contribution in [2.45, 2.75) is 115 Å². The molecule has 4 aliphatic rings. The molecule has 19 atom stereocenters. The average molecular weight is 693 g/mol. The van der Waals surface area contributed by atoms with Crippen LogP contribution in [0.5, 0.6) is 0 Å². The third kappa shape index (κ3) is 7.56. The molecule has 3 fully saturated rings. The highest BCUT2D eigenvalue weighted by Crippen LogP contribution is 2.40. The molecular formula is C26H44O19S. The summed E-state index contributed by atoms with van der Waals surface area (Å²) in [5.74, 6) is 0. The van der Waals surface area contributed by atoms with E-state index in [1.165, 1.54) is 13.2 Å². The van der Waals surface area contributed by atoms with Crippen molar-refractivity contribution < 1.29 is 94.8 Å². The van der Waals surface area contributed by atoms with Crippen LogP contribution in [0.4, 0.5) is 0 Å². The first-order valence-electron chi connectivity index (χ1n) is 14.6. The fraction of sp³-hybridized carbons (Fsp3) is 0.923. The topological polar surface area (TPSA) is 318 Å². The molecule has 3 aliphatic heterocycles. The van der Waals surface area contributed by atoms with Gasteiger partial charge in [-0.15, -0.1) is 11.8 Å². The molecule has 268 valence electrons. The van der Waals surface area contributed by atoms with Crippen LogP contribution in [0.1, 0.15) is 0 Å². The molecule has 19 nitrogen and oxygen atoms in total. The van der Waals surface area contributed by atoms with E-state index in [-0.39, 0.29) is 5.57 Å². The van der Waals surface area contributed by atoms with Crippen molar-refractivity contribution in [3.05, 3.63) is 11.6 Å². The van der Waals surface area contributed by atoms with Crippen molar-refractivity contribution >= 4 is 11.8 Å². The van der Waals surface area contributed by atoms with Gasteiger partial charge in [0.1, 0.15) is 67.1 Å². The molecular weight excluding hydrogens is 648 g/mol. The maximum atomic E-state index is 11.1. The van der Waals surface area contributed by atoms with Gasteiger partial charge >= 0.3 is 0 Å². The van der Waals surface area contributed by atoms with E-state index in [4.69, 9.17) is 28.4 Å².